The summed E-state index contributed by atoms with van der Waals surface area (Å²) in [5.74, 6) is 0.447. The summed E-state index contributed by atoms with van der Waals surface area (Å²) in [4.78, 5) is 40.9. The Balaban J connectivity index is 1.74. The number of hydrogen-bond donors (Lipinski definition) is 1. The number of nitrogens with one attached hydrogen (secondary N) is 1. The molecular formula is C20H27N3O5. The van der Waals surface area contributed by atoms with Crippen molar-refractivity contribution in [1.29, 1.82) is 0 Å². The number of rotatable bonds is 6. The normalized spacial score (nSPS) is 22.0. The molecule has 1 N–H and O–H groups in total. The molecule has 1 heterocycles. The Bertz CT molecular complexity index is 766. The van der Waals surface area contributed by atoms with Crippen molar-refractivity contribution in [3.05, 3.63) is 18.2 Å². The van der Waals surface area contributed by atoms with Gasteiger partial charge in [-0.2, -0.15) is 0 Å². The molecule has 1 saturated carbocycles. The van der Waals surface area contributed by atoms with Crippen molar-refractivity contribution >= 4 is 23.5 Å². The first kappa shape index (κ1) is 20.0. The fourth-order valence-corrected chi connectivity index (χ4v) is 4.11. The number of methoxy groups -OCH3 is 2. The van der Waals surface area contributed by atoms with Gasteiger partial charge >= 0.3 is 6.03 Å². The van der Waals surface area contributed by atoms with Gasteiger partial charge in [-0.25, -0.2) is 4.79 Å². The summed E-state index contributed by atoms with van der Waals surface area (Å²) in [5.41, 5.74) is 0.552. The molecule has 1 aliphatic carbocycles. The first-order valence-electron chi connectivity index (χ1n) is 9.64. The van der Waals surface area contributed by atoms with Crippen LogP contribution in [0.3, 0.4) is 0 Å². The number of fused-ring (bicyclic) bond motifs is 1. The van der Waals surface area contributed by atoms with Gasteiger partial charge in [0.15, 0.2) is 11.5 Å². The van der Waals surface area contributed by atoms with Crippen LogP contribution in [0.25, 0.3) is 0 Å². The van der Waals surface area contributed by atoms with Crippen LogP contribution in [0.4, 0.5) is 10.5 Å². The summed E-state index contributed by atoms with van der Waals surface area (Å²) in [7, 11) is 3.06. The topological polar surface area (TPSA) is 88.2 Å². The number of urea groups is 1. The SMILES string of the molecule is CCN1C(=O)C2CCCCC2N(CC(=O)Nc2ccc(OC)c(OC)c2)C1=O. The zero-order chi connectivity index (χ0) is 20.3. The molecule has 3 rings (SSSR count). The predicted molar refractivity (Wildman–Crippen MR) is 103 cm³/mol. The average Bonchev–Trinajstić information content (AvgIpc) is 2.71. The third-order valence-corrected chi connectivity index (χ3v) is 5.49. The molecule has 2 fully saturated rings. The second-order valence-electron chi connectivity index (χ2n) is 7.07. The number of nitrogens with zero attached hydrogens (tertiary/aromatic N) is 2. The number of amides is 4. The van der Waals surface area contributed by atoms with Crippen LogP contribution in [0, 0.1) is 5.92 Å². The molecule has 1 aromatic rings. The lowest BCUT2D eigenvalue weighted by atomic mass is 9.81. The van der Waals surface area contributed by atoms with Gasteiger partial charge < -0.3 is 19.7 Å². The van der Waals surface area contributed by atoms with Gasteiger partial charge in [-0.3, -0.25) is 14.5 Å². The third kappa shape index (κ3) is 3.76. The zero-order valence-corrected chi connectivity index (χ0v) is 16.6. The second-order valence-corrected chi connectivity index (χ2v) is 7.07. The van der Waals surface area contributed by atoms with Gasteiger partial charge in [0, 0.05) is 24.3 Å². The molecule has 0 bridgehead atoms. The molecule has 8 heteroatoms. The number of anilines is 1. The molecular weight excluding hydrogens is 362 g/mol. The minimum Gasteiger partial charge on any atom is -0.493 e. The lowest BCUT2D eigenvalue weighted by Crippen LogP contribution is -2.63. The van der Waals surface area contributed by atoms with Crippen molar-refractivity contribution in [2.45, 2.75) is 38.6 Å². The molecule has 2 atom stereocenters. The lowest BCUT2D eigenvalue weighted by Gasteiger charge is -2.46. The quantitative estimate of drug-likeness (QED) is 0.808. The summed E-state index contributed by atoms with van der Waals surface area (Å²) in [6.45, 7) is 2.01. The number of carbonyl (C=O) groups excluding carboxylic acids is 3. The van der Waals surface area contributed by atoms with E-state index in [1.807, 2.05) is 0 Å². The summed E-state index contributed by atoms with van der Waals surface area (Å²) >= 11 is 0. The van der Waals surface area contributed by atoms with E-state index in [9.17, 15) is 14.4 Å². The highest BCUT2D eigenvalue weighted by Gasteiger charge is 2.46. The lowest BCUT2D eigenvalue weighted by molar-refractivity contribution is -0.141. The molecule has 2 aliphatic rings. The Kier molecular flexibility index (Phi) is 6.06. The van der Waals surface area contributed by atoms with Crippen LogP contribution >= 0.6 is 0 Å². The standard InChI is InChI=1S/C20H27N3O5/c1-4-22-19(25)14-7-5-6-8-15(14)23(20(22)26)12-18(24)21-13-9-10-16(27-2)17(11-13)28-3/h9-11,14-15H,4-8,12H2,1-3H3,(H,21,24). The van der Waals surface area contributed by atoms with E-state index in [-0.39, 0.29) is 36.3 Å². The van der Waals surface area contributed by atoms with Crippen molar-refractivity contribution in [3.8, 4) is 11.5 Å². The Hall–Kier alpha value is -2.77. The summed E-state index contributed by atoms with van der Waals surface area (Å²) in [6, 6.07) is 4.50. The van der Waals surface area contributed by atoms with Crippen LogP contribution in [0.5, 0.6) is 11.5 Å². The molecule has 28 heavy (non-hydrogen) atoms. The minimum absolute atomic E-state index is 0.0852. The van der Waals surface area contributed by atoms with E-state index in [1.54, 1.807) is 37.1 Å². The smallest absolute Gasteiger partial charge is 0.327 e. The van der Waals surface area contributed by atoms with Gasteiger partial charge in [0.1, 0.15) is 6.54 Å². The molecule has 1 saturated heterocycles. The number of hydrogen-bond acceptors (Lipinski definition) is 5. The van der Waals surface area contributed by atoms with Gasteiger partial charge in [-0.1, -0.05) is 12.8 Å². The van der Waals surface area contributed by atoms with Crippen LogP contribution in [-0.4, -0.2) is 61.0 Å². The number of imide groups is 1. The van der Waals surface area contributed by atoms with E-state index >= 15 is 0 Å². The maximum atomic E-state index is 12.8. The van der Waals surface area contributed by atoms with Crippen LogP contribution in [-0.2, 0) is 9.59 Å². The Morgan fingerprint density at radius 1 is 1.14 bits per heavy atom. The van der Waals surface area contributed by atoms with Gasteiger partial charge in [-0.05, 0) is 31.9 Å². The first-order chi connectivity index (χ1) is 13.5. The van der Waals surface area contributed by atoms with E-state index < -0.39 is 0 Å². The molecule has 0 radical (unpaired) electrons. The Morgan fingerprint density at radius 3 is 2.54 bits per heavy atom. The summed E-state index contributed by atoms with van der Waals surface area (Å²) in [6.07, 6.45) is 3.45. The molecule has 0 spiro atoms. The number of ether oxygens (including phenoxy) is 2. The Labute approximate surface area is 164 Å². The fourth-order valence-electron chi connectivity index (χ4n) is 4.11. The molecule has 8 nitrogen and oxygen atoms in total. The average molecular weight is 389 g/mol. The van der Waals surface area contributed by atoms with Crippen LogP contribution in [0.2, 0.25) is 0 Å². The van der Waals surface area contributed by atoms with Crippen LogP contribution < -0.4 is 14.8 Å². The monoisotopic (exact) mass is 389 g/mol. The molecule has 2 unspecified atom stereocenters. The number of carbonyl (C=O) groups is 3. The zero-order valence-electron chi connectivity index (χ0n) is 16.6. The Morgan fingerprint density at radius 2 is 1.86 bits per heavy atom. The molecule has 0 aromatic heterocycles. The molecule has 152 valence electrons. The van der Waals surface area contributed by atoms with Crippen LogP contribution in [0.15, 0.2) is 18.2 Å². The van der Waals surface area contributed by atoms with Gasteiger partial charge in [-0.15, -0.1) is 0 Å². The molecule has 1 aromatic carbocycles. The van der Waals surface area contributed by atoms with Crippen molar-refractivity contribution < 1.29 is 23.9 Å². The molecule has 1 aliphatic heterocycles. The van der Waals surface area contributed by atoms with Gasteiger partial charge in [0.05, 0.1) is 20.1 Å². The van der Waals surface area contributed by atoms with E-state index in [4.69, 9.17) is 9.47 Å². The maximum Gasteiger partial charge on any atom is 0.327 e. The van der Waals surface area contributed by atoms with Gasteiger partial charge in [0.25, 0.3) is 0 Å². The minimum atomic E-state index is -0.377. The fraction of sp³-hybridized carbons (Fsp3) is 0.550. The van der Waals surface area contributed by atoms with Crippen molar-refractivity contribution in [2.75, 3.05) is 32.6 Å². The summed E-state index contributed by atoms with van der Waals surface area (Å²) in [5, 5.41) is 2.80. The largest absolute Gasteiger partial charge is 0.493 e. The highest BCUT2D eigenvalue weighted by atomic mass is 16.5. The highest BCUT2D eigenvalue weighted by molar-refractivity contribution is 6.01. The van der Waals surface area contributed by atoms with E-state index in [2.05, 4.69) is 5.32 Å². The van der Waals surface area contributed by atoms with Crippen molar-refractivity contribution in [3.63, 3.8) is 0 Å². The van der Waals surface area contributed by atoms with Crippen molar-refractivity contribution in [1.82, 2.24) is 9.80 Å². The third-order valence-electron chi connectivity index (χ3n) is 5.49. The highest BCUT2D eigenvalue weighted by Crippen LogP contribution is 2.34. The van der Waals surface area contributed by atoms with E-state index in [0.717, 1.165) is 25.7 Å². The van der Waals surface area contributed by atoms with E-state index in [0.29, 0.717) is 23.7 Å². The predicted octanol–water partition coefficient (Wildman–Crippen LogP) is 2.49. The number of benzene rings is 1. The van der Waals surface area contributed by atoms with E-state index in [1.165, 1.54) is 12.0 Å². The molecule has 4 amide bonds. The summed E-state index contributed by atoms with van der Waals surface area (Å²) < 4.78 is 10.4. The van der Waals surface area contributed by atoms with Crippen LogP contribution in [0.1, 0.15) is 32.6 Å². The maximum absolute atomic E-state index is 12.8. The second kappa shape index (κ2) is 8.50. The van der Waals surface area contributed by atoms with Gasteiger partial charge in [0.2, 0.25) is 11.8 Å². The van der Waals surface area contributed by atoms with Crippen molar-refractivity contribution in [2.24, 2.45) is 5.92 Å². The first-order valence-corrected chi connectivity index (χ1v) is 9.64.